The standard InChI is InChI=1S/C19H14N2O10S2/c1-13-12-14(30-32(26,27)18-8-4-2-6-15(18)20(22)23)10-11-17(13)31-33(28,29)19-9-5-3-7-16(19)21(24)25/h2-12H,1H3. The third kappa shape index (κ3) is 5.07. The molecule has 0 aliphatic rings. The van der Waals surface area contributed by atoms with E-state index in [9.17, 15) is 37.1 Å². The zero-order valence-corrected chi connectivity index (χ0v) is 18.3. The molecule has 0 N–H and O–H groups in total. The first kappa shape index (κ1) is 23.6. The molecule has 3 aromatic carbocycles. The molecule has 0 fully saturated rings. The lowest BCUT2D eigenvalue weighted by molar-refractivity contribution is -0.388. The smallest absolute Gasteiger partial charge is 0.346 e. The highest BCUT2D eigenvalue weighted by atomic mass is 32.2. The summed E-state index contributed by atoms with van der Waals surface area (Å²) < 4.78 is 60.1. The van der Waals surface area contributed by atoms with E-state index in [-0.39, 0.29) is 17.1 Å². The number of hydrogen-bond donors (Lipinski definition) is 0. The van der Waals surface area contributed by atoms with E-state index in [4.69, 9.17) is 8.37 Å². The molecule has 172 valence electrons. The lowest BCUT2D eigenvalue weighted by Crippen LogP contribution is -2.13. The number of para-hydroxylation sites is 2. The van der Waals surface area contributed by atoms with Crippen molar-refractivity contribution in [2.75, 3.05) is 0 Å². The molecule has 0 amide bonds. The minimum Gasteiger partial charge on any atom is -0.379 e. The van der Waals surface area contributed by atoms with Crippen LogP contribution in [-0.2, 0) is 20.2 Å². The van der Waals surface area contributed by atoms with Crippen LogP contribution in [0.5, 0.6) is 11.5 Å². The highest BCUT2D eigenvalue weighted by molar-refractivity contribution is 7.87. The zero-order valence-electron chi connectivity index (χ0n) is 16.6. The van der Waals surface area contributed by atoms with Gasteiger partial charge in [0.15, 0.2) is 9.79 Å². The molecule has 12 nitrogen and oxygen atoms in total. The van der Waals surface area contributed by atoms with Crippen molar-refractivity contribution in [3.05, 3.63) is 92.5 Å². The number of benzene rings is 3. The third-order valence-corrected chi connectivity index (χ3v) is 6.79. The fourth-order valence-corrected chi connectivity index (χ4v) is 4.99. The van der Waals surface area contributed by atoms with Crippen LogP contribution in [0.3, 0.4) is 0 Å². The molecule has 0 spiro atoms. The summed E-state index contributed by atoms with van der Waals surface area (Å²) in [5.74, 6) is -0.496. The van der Waals surface area contributed by atoms with E-state index in [1.54, 1.807) is 0 Å². The van der Waals surface area contributed by atoms with Crippen molar-refractivity contribution in [1.82, 2.24) is 0 Å². The van der Waals surface area contributed by atoms with Crippen LogP contribution >= 0.6 is 0 Å². The Hall–Kier alpha value is -4.04. The van der Waals surface area contributed by atoms with E-state index >= 15 is 0 Å². The molecule has 14 heteroatoms. The quantitative estimate of drug-likeness (QED) is 0.257. The molecule has 0 saturated heterocycles. The van der Waals surface area contributed by atoms with Crippen LogP contribution in [0.4, 0.5) is 11.4 Å². The van der Waals surface area contributed by atoms with Gasteiger partial charge in [-0.05, 0) is 42.8 Å². The van der Waals surface area contributed by atoms with Crippen molar-refractivity contribution < 1.29 is 35.0 Å². The van der Waals surface area contributed by atoms with Gasteiger partial charge >= 0.3 is 20.2 Å². The maximum atomic E-state index is 12.6. The Labute approximate surface area is 187 Å². The van der Waals surface area contributed by atoms with Gasteiger partial charge in [0.2, 0.25) is 0 Å². The highest BCUT2D eigenvalue weighted by Gasteiger charge is 2.29. The van der Waals surface area contributed by atoms with Crippen molar-refractivity contribution in [2.24, 2.45) is 0 Å². The number of nitro groups is 2. The Balaban J connectivity index is 1.90. The summed E-state index contributed by atoms with van der Waals surface area (Å²) in [6, 6.07) is 12.5. The molecule has 0 aromatic heterocycles. The van der Waals surface area contributed by atoms with Crippen molar-refractivity contribution >= 4 is 31.6 Å². The SMILES string of the molecule is Cc1cc(OS(=O)(=O)c2ccccc2[N+](=O)[O-])ccc1OS(=O)(=O)c1ccccc1[N+](=O)[O-]. The van der Waals surface area contributed by atoms with Crippen molar-refractivity contribution in [3.63, 3.8) is 0 Å². The average Bonchev–Trinajstić information content (AvgIpc) is 2.75. The Kier molecular flexibility index (Phi) is 6.32. The second kappa shape index (κ2) is 8.84. The largest absolute Gasteiger partial charge is 0.379 e. The predicted molar refractivity (Wildman–Crippen MR) is 113 cm³/mol. The van der Waals surface area contributed by atoms with E-state index < -0.39 is 51.2 Å². The van der Waals surface area contributed by atoms with Crippen LogP contribution < -0.4 is 8.37 Å². The van der Waals surface area contributed by atoms with Crippen molar-refractivity contribution in [1.29, 1.82) is 0 Å². The van der Waals surface area contributed by atoms with Gasteiger partial charge in [-0.15, -0.1) is 0 Å². The summed E-state index contributed by atoms with van der Waals surface area (Å²) in [5.41, 5.74) is -1.23. The minimum atomic E-state index is -4.59. The van der Waals surface area contributed by atoms with Gasteiger partial charge in [0, 0.05) is 12.1 Å². The summed E-state index contributed by atoms with van der Waals surface area (Å²) in [6.07, 6.45) is 0. The first-order valence-electron chi connectivity index (χ1n) is 8.89. The average molecular weight is 494 g/mol. The summed E-state index contributed by atoms with van der Waals surface area (Å²) >= 11 is 0. The topological polar surface area (TPSA) is 173 Å². The molecule has 0 saturated carbocycles. The van der Waals surface area contributed by atoms with Gasteiger partial charge in [0.1, 0.15) is 11.5 Å². The van der Waals surface area contributed by atoms with E-state index in [1.165, 1.54) is 31.2 Å². The van der Waals surface area contributed by atoms with E-state index in [0.717, 1.165) is 42.5 Å². The number of nitro benzene ring substituents is 2. The maximum Gasteiger partial charge on any atom is 0.346 e. The molecule has 0 heterocycles. The minimum absolute atomic E-state index is 0.118. The molecule has 3 rings (SSSR count). The van der Waals surface area contributed by atoms with Gasteiger partial charge in [-0.2, -0.15) is 16.8 Å². The van der Waals surface area contributed by atoms with Crippen molar-refractivity contribution in [3.8, 4) is 11.5 Å². The van der Waals surface area contributed by atoms with Crippen LogP contribution in [0, 0.1) is 27.2 Å². The lowest BCUT2D eigenvalue weighted by Gasteiger charge is -2.12. The first-order chi connectivity index (χ1) is 15.4. The van der Waals surface area contributed by atoms with Gasteiger partial charge < -0.3 is 8.37 Å². The molecule has 0 aliphatic carbocycles. The molecule has 0 bridgehead atoms. The van der Waals surface area contributed by atoms with Gasteiger partial charge in [-0.25, -0.2) is 0 Å². The van der Waals surface area contributed by atoms with Crippen LogP contribution in [-0.4, -0.2) is 26.7 Å². The Morgan fingerprint density at radius 2 is 1.15 bits per heavy atom. The van der Waals surface area contributed by atoms with Crippen LogP contribution in [0.25, 0.3) is 0 Å². The van der Waals surface area contributed by atoms with E-state index in [1.807, 2.05) is 0 Å². The maximum absolute atomic E-state index is 12.6. The molecule has 3 aromatic rings. The summed E-state index contributed by atoms with van der Waals surface area (Å²) in [4.78, 5) is 19.2. The van der Waals surface area contributed by atoms with Crippen LogP contribution in [0.1, 0.15) is 5.56 Å². The Morgan fingerprint density at radius 3 is 1.61 bits per heavy atom. The normalized spacial score (nSPS) is 11.5. The van der Waals surface area contributed by atoms with Crippen LogP contribution in [0.15, 0.2) is 76.5 Å². The predicted octanol–water partition coefficient (Wildman–Crippen LogP) is 3.35. The highest BCUT2D eigenvalue weighted by Crippen LogP contribution is 2.32. The molecule has 0 unspecified atom stereocenters. The van der Waals surface area contributed by atoms with Gasteiger partial charge in [-0.3, -0.25) is 20.2 Å². The second-order valence-electron chi connectivity index (χ2n) is 6.45. The van der Waals surface area contributed by atoms with Gasteiger partial charge in [0.25, 0.3) is 11.4 Å². The lowest BCUT2D eigenvalue weighted by atomic mass is 10.2. The van der Waals surface area contributed by atoms with Crippen molar-refractivity contribution in [2.45, 2.75) is 16.7 Å². The summed E-state index contributed by atoms with van der Waals surface area (Å²) in [7, 11) is -9.18. The van der Waals surface area contributed by atoms with E-state index in [2.05, 4.69) is 0 Å². The number of aryl methyl sites for hydroxylation is 1. The van der Waals surface area contributed by atoms with Crippen LogP contribution in [0.2, 0.25) is 0 Å². The van der Waals surface area contributed by atoms with E-state index in [0.29, 0.717) is 0 Å². The molecule has 0 aliphatic heterocycles. The first-order valence-corrected chi connectivity index (χ1v) is 11.7. The fraction of sp³-hybridized carbons (Fsp3) is 0.0526. The number of nitrogens with zero attached hydrogens (tertiary/aromatic N) is 2. The Morgan fingerprint density at radius 1 is 0.697 bits per heavy atom. The summed E-state index contributed by atoms with van der Waals surface area (Å²) in [6.45, 7) is 1.38. The molecule has 0 atom stereocenters. The zero-order chi connectivity index (χ0) is 24.4. The number of hydrogen-bond acceptors (Lipinski definition) is 10. The second-order valence-corrected chi connectivity index (χ2v) is 9.48. The van der Waals surface area contributed by atoms with Gasteiger partial charge in [-0.1, -0.05) is 24.3 Å². The molecular weight excluding hydrogens is 480 g/mol. The third-order valence-electron chi connectivity index (χ3n) is 4.21. The summed E-state index contributed by atoms with van der Waals surface area (Å²) in [5, 5.41) is 22.2. The van der Waals surface area contributed by atoms with Gasteiger partial charge in [0.05, 0.1) is 9.85 Å². The monoisotopic (exact) mass is 494 g/mol. The molecular formula is C19H14N2O10S2. The number of rotatable bonds is 8. The fourth-order valence-electron chi connectivity index (χ4n) is 2.74. The molecule has 33 heavy (non-hydrogen) atoms. The molecule has 0 radical (unpaired) electrons. The Bertz CT molecular complexity index is 1470.